The molecule has 6 heteroatoms. The third kappa shape index (κ3) is 6.11. The summed E-state index contributed by atoms with van der Waals surface area (Å²) in [7, 11) is 0. The highest BCUT2D eigenvalue weighted by atomic mass is 16.5. The summed E-state index contributed by atoms with van der Waals surface area (Å²) in [4.78, 5) is 17.0. The normalized spacial score (nSPS) is 11.4. The number of ether oxygens (including phenoxy) is 1. The lowest BCUT2D eigenvalue weighted by Crippen LogP contribution is -2.20. The molecule has 0 spiro atoms. The van der Waals surface area contributed by atoms with Gasteiger partial charge < -0.3 is 15.4 Å². The van der Waals surface area contributed by atoms with Crippen LogP contribution in [-0.2, 0) is 10.8 Å². The van der Waals surface area contributed by atoms with Crippen LogP contribution in [0.2, 0.25) is 0 Å². The summed E-state index contributed by atoms with van der Waals surface area (Å²) >= 11 is 0. The largest absolute Gasteiger partial charge is 0.437 e. The molecule has 0 unspecified atom stereocenters. The van der Waals surface area contributed by atoms with Crippen molar-refractivity contribution in [2.24, 2.45) is 0 Å². The predicted molar refractivity (Wildman–Crippen MR) is 132 cm³/mol. The minimum atomic E-state index is -0.454. The van der Waals surface area contributed by atoms with E-state index in [0.29, 0.717) is 22.7 Å². The summed E-state index contributed by atoms with van der Waals surface area (Å²) in [6.45, 7) is 12.7. The Balaban J connectivity index is 1.83. The van der Waals surface area contributed by atoms with Gasteiger partial charge in [-0.2, -0.15) is 5.26 Å². The zero-order chi connectivity index (χ0) is 24.2. The van der Waals surface area contributed by atoms with E-state index in [4.69, 9.17) is 4.74 Å². The second-order valence-electron chi connectivity index (χ2n) is 9.94. The van der Waals surface area contributed by atoms with E-state index < -0.39 is 6.03 Å². The molecule has 1 aromatic heterocycles. The number of nitrogens with one attached hydrogen (secondary N) is 2. The van der Waals surface area contributed by atoms with Crippen molar-refractivity contribution in [2.75, 3.05) is 10.6 Å². The molecular weight excluding hydrogens is 412 g/mol. The van der Waals surface area contributed by atoms with Gasteiger partial charge in [0.2, 0.25) is 5.88 Å². The first-order chi connectivity index (χ1) is 15.5. The fraction of sp³-hybridized carbons (Fsp3) is 0.296. The number of para-hydroxylation sites is 1. The van der Waals surface area contributed by atoms with Gasteiger partial charge in [0.1, 0.15) is 17.5 Å². The number of rotatable bonds is 4. The molecule has 170 valence electrons. The Kier molecular flexibility index (Phi) is 6.73. The van der Waals surface area contributed by atoms with Crippen molar-refractivity contribution >= 4 is 17.4 Å². The van der Waals surface area contributed by atoms with Crippen molar-refractivity contribution in [1.29, 1.82) is 5.26 Å². The van der Waals surface area contributed by atoms with Crippen LogP contribution in [0.5, 0.6) is 11.6 Å². The standard InChI is InChI=1S/C27H30N4O2/c1-26(2,3)19-11-13-20(14-12-19)30-25(32)31-22-15-18(16-28)17-29-24(22)33-23-10-8-7-9-21(23)27(4,5)6/h7-15,17H,1-6H3,(H2,30,31,32). The Labute approximate surface area is 195 Å². The average molecular weight is 443 g/mol. The number of benzene rings is 2. The molecule has 0 radical (unpaired) electrons. The SMILES string of the molecule is CC(C)(C)c1ccc(NC(=O)Nc2cc(C#N)cnc2Oc2ccccc2C(C)(C)C)cc1. The smallest absolute Gasteiger partial charge is 0.323 e. The second kappa shape index (κ2) is 9.33. The molecule has 2 amide bonds. The maximum atomic E-state index is 12.7. The highest BCUT2D eigenvalue weighted by Crippen LogP contribution is 2.36. The number of anilines is 2. The Morgan fingerprint density at radius 2 is 1.61 bits per heavy atom. The number of nitrogens with zero attached hydrogens (tertiary/aromatic N) is 2. The van der Waals surface area contributed by atoms with Crippen molar-refractivity contribution in [3.8, 4) is 17.7 Å². The van der Waals surface area contributed by atoms with Gasteiger partial charge in [0, 0.05) is 17.4 Å². The summed E-state index contributed by atoms with van der Waals surface area (Å²) in [6, 6.07) is 18.5. The van der Waals surface area contributed by atoms with E-state index in [1.807, 2.05) is 54.6 Å². The molecule has 0 saturated heterocycles. The van der Waals surface area contributed by atoms with Gasteiger partial charge in [-0.3, -0.25) is 0 Å². The fourth-order valence-corrected chi connectivity index (χ4v) is 3.30. The van der Waals surface area contributed by atoms with Crippen LogP contribution in [-0.4, -0.2) is 11.0 Å². The number of amides is 2. The van der Waals surface area contributed by atoms with Crippen molar-refractivity contribution in [1.82, 2.24) is 4.98 Å². The summed E-state index contributed by atoms with van der Waals surface area (Å²) in [5.41, 5.74) is 3.34. The zero-order valence-electron chi connectivity index (χ0n) is 20.0. The minimum absolute atomic E-state index is 0.0276. The molecule has 3 aromatic rings. The van der Waals surface area contributed by atoms with E-state index in [1.54, 1.807) is 6.07 Å². The monoisotopic (exact) mass is 442 g/mol. The van der Waals surface area contributed by atoms with Gasteiger partial charge in [-0.05, 0) is 40.7 Å². The Morgan fingerprint density at radius 3 is 2.21 bits per heavy atom. The number of hydrogen-bond acceptors (Lipinski definition) is 4. The molecule has 0 bridgehead atoms. The minimum Gasteiger partial charge on any atom is -0.437 e. The molecule has 0 aliphatic carbocycles. The van der Waals surface area contributed by atoms with E-state index in [9.17, 15) is 10.1 Å². The van der Waals surface area contributed by atoms with Gasteiger partial charge in [-0.15, -0.1) is 0 Å². The maximum Gasteiger partial charge on any atom is 0.323 e. The zero-order valence-corrected chi connectivity index (χ0v) is 20.0. The van der Waals surface area contributed by atoms with Crippen LogP contribution >= 0.6 is 0 Å². The molecule has 2 N–H and O–H groups in total. The number of urea groups is 1. The third-order valence-electron chi connectivity index (χ3n) is 5.14. The number of carbonyl (C=O) groups excluding carboxylic acids is 1. The van der Waals surface area contributed by atoms with Crippen molar-refractivity contribution in [2.45, 2.75) is 52.4 Å². The summed E-state index contributed by atoms with van der Waals surface area (Å²) in [6.07, 6.45) is 1.42. The summed E-state index contributed by atoms with van der Waals surface area (Å²) in [5, 5.41) is 14.9. The highest BCUT2D eigenvalue weighted by Gasteiger charge is 2.21. The van der Waals surface area contributed by atoms with Crippen LogP contribution in [0.1, 0.15) is 58.2 Å². The van der Waals surface area contributed by atoms with Crippen LogP contribution in [0, 0.1) is 11.3 Å². The van der Waals surface area contributed by atoms with Gasteiger partial charge in [0.15, 0.2) is 0 Å². The number of pyridine rings is 1. The molecule has 3 rings (SSSR count). The average Bonchev–Trinajstić information content (AvgIpc) is 2.74. The number of carbonyl (C=O) groups is 1. The molecular formula is C27H30N4O2. The lowest BCUT2D eigenvalue weighted by Gasteiger charge is -2.23. The predicted octanol–water partition coefficient (Wildman–Crippen LogP) is 6.98. The number of nitriles is 1. The van der Waals surface area contributed by atoms with Crippen molar-refractivity contribution < 1.29 is 9.53 Å². The van der Waals surface area contributed by atoms with Gasteiger partial charge in [-0.1, -0.05) is 71.9 Å². The molecule has 2 aromatic carbocycles. The van der Waals surface area contributed by atoms with Crippen LogP contribution < -0.4 is 15.4 Å². The Hall–Kier alpha value is -3.85. The molecule has 33 heavy (non-hydrogen) atoms. The first-order valence-corrected chi connectivity index (χ1v) is 10.8. The molecule has 6 nitrogen and oxygen atoms in total. The van der Waals surface area contributed by atoms with Gasteiger partial charge in [0.25, 0.3) is 0 Å². The van der Waals surface area contributed by atoms with Crippen LogP contribution in [0.4, 0.5) is 16.2 Å². The molecule has 0 fully saturated rings. The molecule has 0 atom stereocenters. The lowest BCUT2D eigenvalue weighted by atomic mass is 9.86. The van der Waals surface area contributed by atoms with Gasteiger partial charge in [0.05, 0.1) is 5.56 Å². The second-order valence-corrected chi connectivity index (χ2v) is 9.94. The maximum absolute atomic E-state index is 12.7. The Bertz CT molecular complexity index is 1180. The first kappa shape index (κ1) is 23.8. The quantitative estimate of drug-likeness (QED) is 0.456. The van der Waals surface area contributed by atoms with Crippen LogP contribution in [0.25, 0.3) is 0 Å². The summed E-state index contributed by atoms with van der Waals surface area (Å²) in [5.74, 6) is 0.854. The van der Waals surface area contributed by atoms with Gasteiger partial charge >= 0.3 is 6.03 Å². The molecule has 0 saturated carbocycles. The van der Waals surface area contributed by atoms with Crippen LogP contribution in [0.15, 0.2) is 60.8 Å². The van der Waals surface area contributed by atoms with Crippen molar-refractivity contribution in [3.63, 3.8) is 0 Å². The molecule has 1 heterocycles. The third-order valence-corrected chi connectivity index (χ3v) is 5.14. The first-order valence-electron chi connectivity index (χ1n) is 10.8. The number of aromatic nitrogens is 1. The van der Waals surface area contributed by atoms with E-state index in [1.165, 1.54) is 11.8 Å². The topological polar surface area (TPSA) is 87.0 Å². The molecule has 0 aliphatic rings. The van der Waals surface area contributed by atoms with E-state index in [0.717, 1.165) is 5.56 Å². The highest BCUT2D eigenvalue weighted by molar-refractivity contribution is 6.00. The lowest BCUT2D eigenvalue weighted by molar-refractivity contribution is 0.262. The van der Waals surface area contributed by atoms with E-state index in [-0.39, 0.29) is 16.7 Å². The van der Waals surface area contributed by atoms with Crippen LogP contribution in [0.3, 0.4) is 0 Å². The van der Waals surface area contributed by atoms with Gasteiger partial charge in [-0.25, -0.2) is 9.78 Å². The molecule has 0 aliphatic heterocycles. The number of hydrogen-bond donors (Lipinski definition) is 2. The van der Waals surface area contributed by atoms with E-state index >= 15 is 0 Å². The van der Waals surface area contributed by atoms with E-state index in [2.05, 4.69) is 57.2 Å². The summed E-state index contributed by atoms with van der Waals surface area (Å²) < 4.78 is 6.11. The fourth-order valence-electron chi connectivity index (χ4n) is 3.30. The Morgan fingerprint density at radius 1 is 0.939 bits per heavy atom. The van der Waals surface area contributed by atoms with Crippen molar-refractivity contribution in [3.05, 3.63) is 77.5 Å².